The Labute approximate surface area is 187 Å². The quantitative estimate of drug-likeness (QED) is 0.711. The Morgan fingerprint density at radius 1 is 1.19 bits per heavy atom. The van der Waals surface area contributed by atoms with Gasteiger partial charge in [0.2, 0.25) is 17.7 Å². The van der Waals surface area contributed by atoms with Gasteiger partial charge in [-0.05, 0) is 37.5 Å². The summed E-state index contributed by atoms with van der Waals surface area (Å²) in [5.74, 6) is -1.98. The first kappa shape index (κ1) is 21.6. The summed E-state index contributed by atoms with van der Waals surface area (Å²) in [6, 6.07) is 18.0. The summed E-state index contributed by atoms with van der Waals surface area (Å²) in [4.78, 5) is 41.1. The van der Waals surface area contributed by atoms with E-state index in [1.165, 1.54) is 4.90 Å². The standard InChI is InChI=1S/C25H26N4O3/c1-16(2)27-22(30)19(12-17-8-4-3-5-9-17)23(31)29-15-25(13-18(29)14-26)20-10-6-7-11-21(20)28-24(25)32/h3-11,16,18-19H,12-13,15H2,1-2H3,(H,27,30)(H,28,32)/t18-,19-,25-/m0/s1. The molecule has 1 fully saturated rings. The molecule has 2 heterocycles. The number of fused-ring (bicyclic) bond motifs is 2. The van der Waals surface area contributed by atoms with Gasteiger partial charge in [-0.15, -0.1) is 0 Å². The van der Waals surface area contributed by atoms with Gasteiger partial charge in [0.1, 0.15) is 12.0 Å². The van der Waals surface area contributed by atoms with Crippen LogP contribution in [0.3, 0.4) is 0 Å². The summed E-state index contributed by atoms with van der Waals surface area (Å²) in [6.45, 7) is 3.75. The van der Waals surface area contributed by atoms with Crippen molar-refractivity contribution in [2.24, 2.45) is 5.92 Å². The maximum Gasteiger partial charge on any atom is 0.237 e. The van der Waals surface area contributed by atoms with Crippen LogP contribution < -0.4 is 10.6 Å². The second-order valence-electron chi connectivity index (χ2n) is 8.80. The number of anilines is 1. The zero-order valence-electron chi connectivity index (χ0n) is 18.2. The molecular weight excluding hydrogens is 404 g/mol. The van der Waals surface area contributed by atoms with Crippen LogP contribution in [0.1, 0.15) is 31.4 Å². The largest absolute Gasteiger partial charge is 0.353 e. The summed E-state index contributed by atoms with van der Waals surface area (Å²) in [6.07, 6.45) is 0.435. The first-order valence-electron chi connectivity index (χ1n) is 10.8. The van der Waals surface area contributed by atoms with Crippen LogP contribution in [0, 0.1) is 17.2 Å². The van der Waals surface area contributed by atoms with Crippen LogP contribution in [0.2, 0.25) is 0 Å². The van der Waals surface area contributed by atoms with E-state index in [9.17, 15) is 19.6 Å². The van der Waals surface area contributed by atoms with Gasteiger partial charge >= 0.3 is 0 Å². The molecule has 1 spiro atoms. The molecule has 2 aromatic carbocycles. The fourth-order valence-corrected chi connectivity index (χ4v) is 4.71. The number of likely N-dealkylation sites (tertiary alicyclic amines) is 1. The Bertz CT molecular complexity index is 1090. The van der Waals surface area contributed by atoms with Gasteiger partial charge in [-0.2, -0.15) is 5.26 Å². The highest BCUT2D eigenvalue weighted by atomic mass is 16.2. The molecule has 0 aliphatic carbocycles. The second kappa shape index (κ2) is 8.46. The molecular formula is C25H26N4O3. The second-order valence-corrected chi connectivity index (χ2v) is 8.80. The minimum Gasteiger partial charge on any atom is -0.353 e. The van der Waals surface area contributed by atoms with E-state index in [-0.39, 0.29) is 37.2 Å². The third-order valence-electron chi connectivity index (χ3n) is 6.24. The zero-order chi connectivity index (χ0) is 22.9. The molecule has 3 atom stereocenters. The predicted octanol–water partition coefficient (Wildman–Crippen LogP) is 2.38. The minimum atomic E-state index is -0.981. The molecule has 2 aromatic rings. The molecule has 32 heavy (non-hydrogen) atoms. The molecule has 0 saturated carbocycles. The summed E-state index contributed by atoms with van der Waals surface area (Å²) >= 11 is 0. The molecule has 4 rings (SSSR count). The molecule has 7 nitrogen and oxygen atoms in total. The maximum absolute atomic E-state index is 13.7. The van der Waals surface area contributed by atoms with Gasteiger partial charge in [0, 0.05) is 24.7 Å². The Hall–Kier alpha value is -3.66. The fourth-order valence-electron chi connectivity index (χ4n) is 4.71. The van der Waals surface area contributed by atoms with Crippen molar-refractivity contribution < 1.29 is 14.4 Å². The zero-order valence-corrected chi connectivity index (χ0v) is 18.2. The number of amides is 3. The lowest BCUT2D eigenvalue weighted by Crippen LogP contribution is -2.48. The lowest BCUT2D eigenvalue weighted by Gasteiger charge is -2.27. The van der Waals surface area contributed by atoms with Crippen molar-refractivity contribution in [2.45, 2.75) is 44.2 Å². The van der Waals surface area contributed by atoms with Crippen LogP contribution in [0.5, 0.6) is 0 Å². The Morgan fingerprint density at radius 2 is 1.88 bits per heavy atom. The third kappa shape index (κ3) is 3.73. The van der Waals surface area contributed by atoms with E-state index in [1.54, 1.807) is 0 Å². The average Bonchev–Trinajstić information content (AvgIpc) is 3.30. The van der Waals surface area contributed by atoms with E-state index in [0.29, 0.717) is 5.69 Å². The molecule has 1 saturated heterocycles. The molecule has 3 amide bonds. The number of hydrogen-bond donors (Lipinski definition) is 2. The highest BCUT2D eigenvalue weighted by Crippen LogP contribution is 2.46. The van der Waals surface area contributed by atoms with Crippen molar-refractivity contribution in [1.82, 2.24) is 10.2 Å². The molecule has 0 aromatic heterocycles. The first-order chi connectivity index (χ1) is 15.4. The van der Waals surface area contributed by atoms with Gasteiger partial charge in [-0.25, -0.2) is 0 Å². The van der Waals surface area contributed by atoms with Gasteiger partial charge < -0.3 is 15.5 Å². The molecule has 0 radical (unpaired) electrons. The molecule has 7 heteroatoms. The summed E-state index contributed by atoms with van der Waals surface area (Å²) in [7, 11) is 0. The summed E-state index contributed by atoms with van der Waals surface area (Å²) in [5.41, 5.74) is 1.39. The number of rotatable bonds is 5. The number of carbonyl (C=O) groups excluding carboxylic acids is 3. The van der Waals surface area contributed by atoms with E-state index in [1.807, 2.05) is 68.4 Å². The van der Waals surface area contributed by atoms with Crippen LogP contribution in [0.15, 0.2) is 54.6 Å². The third-order valence-corrected chi connectivity index (χ3v) is 6.24. The fraction of sp³-hybridized carbons (Fsp3) is 0.360. The Morgan fingerprint density at radius 3 is 2.56 bits per heavy atom. The maximum atomic E-state index is 13.7. The first-order valence-corrected chi connectivity index (χ1v) is 10.8. The molecule has 164 valence electrons. The van der Waals surface area contributed by atoms with Crippen LogP contribution in [-0.4, -0.2) is 41.2 Å². The van der Waals surface area contributed by atoms with Crippen LogP contribution >= 0.6 is 0 Å². The number of carbonyl (C=O) groups is 3. The van der Waals surface area contributed by atoms with E-state index in [4.69, 9.17) is 0 Å². The number of benzene rings is 2. The van der Waals surface area contributed by atoms with Crippen molar-refractivity contribution in [3.05, 3.63) is 65.7 Å². The average molecular weight is 431 g/mol. The van der Waals surface area contributed by atoms with Gasteiger partial charge in [-0.1, -0.05) is 48.5 Å². The van der Waals surface area contributed by atoms with E-state index in [0.717, 1.165) is 11.1 Å². The molecule has 2 aliphatic rings. The van der Waals surface area contributed by atoms with Gasteiger partial charge in [0.15, 0.2) is 0 Å². The van der Waals surface area contributed by atoms with Crippen LogP contribution in [-0.2, 0) is 26.2 Å². The van der Waals surface area contributed by atoms with E-state index < -0.39 is 23.3 Å². The molecule has 0 bridgehead atoms. The predicted molar refractivity (Wildman–Crippen MR) is 119 cm³/mol. The Kier molecular flexibility index (Phi) is 5.70. The normalized spacial score (nSPS) is 22.4. The lowest BCUT2D eigenvalue weighted by atomic mass is 9.80. The Balaban J connectivity index is 1.66. The number of nitriles is 1. The van der Waals surface area contributed by atoms with Crippen LogP contribution in [0.4, 0.5) is 5.69 Å². The smallest absolute Gasteiger partial charge is 0.237 e. The molecule has 2 N–H and O–H groups in total. The number of para-hydroxylation sites is 1. The van der Waals surface area contributed by atoms with Crippen molar-refractivity contribution in [3.63, 3.8) is 0 Å². The highest BCUT2D eigenvalue weighted by molar-refractivity contribution is 6.08. The van der Waals surface area contributed by atoms with E-state index in [2.05, 4.69) is 16.7 Å². The van der Waals surface area contributed by atoms with E-state index >= 15 is 0 Å². The van der Waals surface area contributed by atoms with Gasteiger partial charge in [-0.3, -0.25) is 14.4 Å². The molecule has 0 unspecified atom stereocenters. The van der Waals surface area contributed by atoms with Gasteiger partial charge in [0.05, 0.1) is 11.5 Å². The lowest BCUT2D eigenvalue weighted by molar-refractivity contribution is -0.142. The highest BCUT2D eigenvalue weighted by Gasteiger charge is 2.56. The molecule has 2 aliphatic heterocycles. The van der Waals surface area contributed by atoms with Gasteiger partial charge in [0.25, 0.3) is 0 Å². The van der Waals surface area contributed by atoms with Crippen molar-refractivity contribution >= 4 is 23.4 Å². The number of hydrogen-bond acceptors (Lipinski definition) is 4. The van der Waals surface area contributed by atoms with Crippen molar-refractivity contribution in [2.75, 3.05) is 11.9 Å². The van der Waals surface area contributed by atoms with Crippen LogP contribution in [0.25, 0.3) is 0 Å². The summed E-state index contributed by atoms with van der Waals surface area (Å²) < 4.78 is 0. The SMILES string of the molecule is CC(C)NC(=O)[C@H](Cc1ccccc1)C(=O)N1C[C@]2(C[C@H]1C#N)C(=O)Nc1ccccc12. The number of nitrogens with zero attached hydrogens (tertiary/aromatic N) is 2. The minimum absolute atomic E-state index is 0.0765. The van der Waals surface area contributed by atoms with Crippen molar-refractivity contribution in [1.29, 1.82) is 5.26 Å². The topological polar surface area (TPSA) is 102 Å². The number of nitrogens with one attached hydrogen (secondary N) is 2. The van der Waals surface area contributed by atoms with Crippen molar-refractivity contribution in [3.8, 4) is 6.07 Å². The summed E-state index contributed by atoms with van der Waals surface area (Å²) in [5, 5.41) is 15.6. The monoisotopic (exact) mass is 430 g/mol.